The highest BCUT2D eigenvalue weighted by Crippen LogP contribution is 2.14. The number of hydrogen-bond acceptors (Lipinski definition) is 3. The van der Waals surface area contributed by atoms with Gasteiger partial charge in [0.25, 0.3) is 0 Å². The van der Waals surface area contributed by atoms with Crippen LogP contribution in [0.1, 0.15) is 32.6 Å². The van der Waals surface area contributed by atoms with Gasteiger partial charge in [-0.3, -0.25) is 4.99 Å². The monoisotopic (exact) mass is 246 g/mol. The second-order valence-corrected chi connectivity index (χ2v) is 4.57. The molecular formula is C15H22N2O. The summed E-state index contributed by atoms with van der Waals surface area (Å²) in [6.45, 7) is 4.94. The van der Waals surface area contributed by atoms with Crippen molar-refractivity contribution in [3.05, 3.63) is 35.6 Å². The Kier molecular flexibility index (Phi) is 5.06. The van der Waals surface area contributed by atoms with E-state index in [1.807, 2.05) is 0 Å². The Balaban J connectivity index is 1.98. The van der Waals surface area contributed by atoms with Gasteiger partial charge in [-0.25, -0.2) is 0 Å². The Bertz CT molecular complexity index is 391. The van der Waals surface area contributed by atoms with E-state index in [-0.39, 0.29) is 0 Å². The van der Waals surface area contributed by atoms with Crippen molar-refractivity contribution in [2.75, 3.05) is 19.7 Å². The maximum Gasteiger partial charge on any atom is 0.128 e. The minimum Gasteiger partial charge on any atom is -0.498 e. The van der Waals surface area contributed by atoms with E-state index >= 15 is 0 Å². The van der Waals surface area contributed by atoms with Crippen LogP contribution in [0.5, 0.6) is 0 Å². The highest BCUT2D eigenvalue weighted by Gasteiger charge is 2.08. The minimum atomic E-state index is 0.818. The molecule has 0 aromatic carbocycles. The molecule has 0 saturated carbocycles. The molecule has 0 bridgehead atoms. The molecule has 0 amide bonds. The maximum atomic E-state index is 5.74. The molecule has 1 aliphatic heterocycles. The molecule has 0 unspecified atom stereocenters. The van der Waals surface area contributed by atoms with Crippen molar-refractivity contribution in [2.45, 2.75) is 32.6 Å². The van der Waals surface area contributed by atoms with E-state index in [0.717, 1.165) is 56.1 Å². The number of amidine groups is 1. The Morgan fingerprint density at radius 2 is 2.33 bits per heavy atom. The fourth-order valence-corrected chi connectivity index (χ4v) is 1.95. The zero-order valence-electron chi connectivity index (χ0n) is 11.1. The first kappa shape index (κ1) is 12.9. The van der Waals surface area contributed by atoms with Gasteiger partial charge in [-0.1, -0.05) is 25.5 Å². The fourth-order valence-electron chi connectivity index (χ4n) is 1.95. The predicted octanol–water partition coefficient (Wildman–Crippen LogP) is 2.97. The summed E-state index contributed by atoms with van der Waals surface area (Å²) in [7, 11) is 0. The second-order valence-electron chi connectivity index (χ2n) is 4.57. The Morgan fingerprint density at radius 3 is 3.11 bits per heavy atom. The highest BCUT2D eigenvalue weighted by molar-refractivity contribution is 6.01. The first-order valence-corrected chi connectivity index (χ1v) is 6.89. The van der Waals surface area contributed by atoms with Crippen LogP contribution in [0.25, 0.3) is 0 Å². The summed E-state index contributed by atoms with van der Waals surface area (Å²) in [6, 6.07) is 0. The van der Waals surface area contributed by atoms with E-state index in [0.29, 0.717) is 0 Å². The lowest BCUT2D eigenvalue weighted by molar-refractivity contribution is 0.203. The van der Waals surface area contributed by atoms with Gasteiger partial charge >= 0.3 is 0 Å². The number of allylic oxidation sites excluding steroid dienone is 3. The number of rotatable bonds is 5. The lowest BCUT2D eigenvalue weighted by atomic mass is 10.2. The summed E-state index contributed by atoms with van der Waals surface area (Å²) in [5.74, 6) is 2.06. The van der Waals surface area contributed by atoms with Crippen molar-refractivity contribution in [1.29, 1.82) is 0 Å². The molecule has 18 heavy (non-hydrogen) atoms. The fraction of sp³-hybridized carbons (Fsp3) is 0.533. The number of nitrogens with zero attached hydrogens (tertiary/aromatic N) is 1. The van der Waals surface area contributed by atoms with E-state index in [1.54, 1.807) is 0 Å². The largest absolute Gasteiger partial charge is 0.498 e. The smallest absolute Gasteiger partial charge is 0.128 e. The Hall–Kier alpha value is -1.51. The van der Waals surface area contributed by atoms with Gasteiger partial charge < -0.3 is 10.1 Å². The lowest BCUT2D eigenvalue weighted by Crippen LogP contribution is -2.30. The average molecular weight is 246 g/mol. The third kappa shape index (κ3) is 3.76. The first-order chi connectivity index (χ1) is 8.90. The molecule has 1 heterocycles. The number of aliphatic imine (C=N–C) groups is 1. The topological polar surface area (TPSA) is 33.6 Å². The van der Waals surface area contributed by atoms with Crippen LogP contribution in [-0.4, -0.2) is 25.5 Å². The average Bonchev–Trinajstić information content (AvgIpc) is 2.66. The van der Waals surface area contributed by atoms with Crippen LogP contribution in [0.3, 0.4) is 0 Å². The summed E-state index contributed by atoms with van der Waals surface area (Å²) < 4.78 is 5.74. The number of hydrogen-bond donors (Lipinski definition) is 1. The normalized spacial score (nSPS) is 19.3. The van der Waals surface area contributed by atoms with Crippen LogP contribution in [0, 0.1) is 0 Å². The first-order valence-electron chi connectivity index (χ1n) is 6.89. The minimum absolute atomic E-state index is 0.818. The summed E-state index contributed by atoms with van der Waals surface area (Å²) in [4.78, 5) is 4.51. The highest BCUT2D eigenvalue weighted by atomic mass is 16.5. The Labute approximate surface area is 109 Å². The molecule has 0 saturated heterocycles. The lowest BCUT2D eigenvalue weighted by Gasteiger charge is -2.14. The van der Waals surface area contributed by atoms with Crippen molar-refractivity contribution < 1.29 is 4.74 Å². The molecule has 2 aliphatic rings. The molecule has 1 N–H and O–H groups in total. The quantitative estimate of drug-likeness (QED) is 0.757. The van der Waals surface area contributed by atoms with E-state index in [9.17, 15) is 0 Å². The van der Waals surface area contributed by atoms with Crippen LogP contribution < -0.4 is 5.32 Å². The number of unbranched alkanes of at least 4 members (excludes halogenated alkanes) is 1. The van der Waals surface area contributed by atoms with E-state index in [1.165, 1.54) is 6.42 Å². The standard InChI is InChI=1S/C15H22N2O/c1-2-3-12-18-14-7-4-6-13(8-9-14)15-16-10-5-11-17-15/h4,6,8-9H,2-3,5,7,10-12H2,1H3,(H,16,17). The van der Waals surface area contributed by atoms with Gasteiger partial charge in [0.2, 0.25) is 0 Å². The zero-order chi connectivity index (χ0) is 12.6. The van der Waals surface area contributed by atoms with Crippen LogP contribution in [0.2, 0.25) is 0 Å². The van der Waals surface area contributed by atoms with E-state index < -0.39 is 0 Å². The molecule has 3 nitrogen and oxygen atoms in total. The van der Waals surface area contributed by atoms with Crippen LogP contribution in [0.15, 0.2) is 40.6 Å². The van der Waals surface area contributed by atoms with E-state index in [2.05, 4.69) is 41.5 Å². The van der Waals surface area contributed by atoms with Crippen LogP contribution in [-0.2, 0) is 4.74 Å². The molecule has 3 heteroatoms. The summed E-state index contributed by atoms with van der Waals surface area (Å²) in [5, 5.41) is 3.34. The van der Waals surface area contributed by atoms with Crippen LogP contribution >= 0.6 is 0 Å². The predicted molar refractivity (Wildman–Crippen MR) is 75.7 cm³/mol. The third-order valence-corrected chi connectivity index (χ3v) is 3.02. The molecule has 2 rings (SSSR count). The van der Waals surface area contributed by atoms with Crippen molar-refractivity contribution in [2.24, 2.45) is 4.99 Å². The summed E-state index contributed by atoms with van der Waals surface area (Å²) >= 11 is 0. The van der Waals surface area contributed by atoms with Crippen LogP contribution in [0.4, 0.5) is 0 Å². The maximum absolute atomic E-state index is 5.74. The molecule has 0 spiro atoms. The molecule has 0 fully saturated rings. The van der Waals surface area contributed by atoms with Gasteiger partial charge in [-0.05, 0) is 25.0 Å². The summed E-state index contributed by atoms with van der Waals surface area (Å²) in [6.07, 6.45) is 12.7. The van der Waals surface area contributed by atoms with Crippen molar-refractivity contribution in [3.63, 3.8) is 0 Å². The van der Waals surface area contributed by atoms with Crippen molar-refractivity contribution in [1.82, 2.24) is 5.32 Å². The molecule has 0 radical (unpaired) electrons. The third-order valence-electron chi connectivity index (χ3n) is 3.02. The van der Waals surface area contributed by atoms with Crippen molar-refractivity contribution >= 4 is 5.84 Å². The Morgan fingerprint density at radius 1 is 1.39 bits per heavy atom. The van der Waals surface area contributed by atoms with Gasteiger partial charge in [0.05, 0.1) is 12.4 Å². The molecular weight excluding hydrogens is 224 g/mol. The van der Waals surface area contributed by atoms with Gasteiger partial charge in [-0.2, -0.15) is 0 Å². The van der Waals surface area contributed by atoms with Gasteiger partial charge in [-0.15, -0.1) is 0 Å². The molecule has 98 valence electrons. The number of ether oxygens (including phenoxy) is 1. The van der Waals surface area contributed by atoms with E-state index in [4.69, 9.17) is 4.74 Å². The van der Waals surface area contributed by atoms with Gasteiger partial charge in [0.15, 0.2) is 0 Å². The van der Waals surface area contributed by atoms with Gasteiger partial charge in [0.1, 0.15) is 5.84 Å². The molecule has 0 atom stereocenters. The zero-order valence-corrected chi connectivity index (χ0v) is 11.1. The SMILES string of the molecule is CCCCOC1=CC=C(C2=NCCCN2)C=CC1. The molecule has 0 aromatic heterocycles. The van der Waals surface area contributed by atoms with Gasteiger partial charge in [0, 0.05) is 25.1 Å². The number of nitrogens with one attached hydrogen (secondary N) is 1. The summed E-state index contributed by atoms with van der Waals surface area (Å²) in [5.41, 5.74) is 1.16. The second kappa shape index (κ2) is 7.04. The molecule has 0 aromatic rings. The molecule has 1 aliphatic carbocycles. The van der Waals surface area contributed by atoms with Crippen molar-refractivity contribution in [3.8, 4) is 0 Å².